The molecule has 1 unspecified atom stereocenters. The Morgan fingerprint density at radius 2 is 2.00 bits per heavy atom. The third kappa shape index (κ3) is 4.56. The lowest BCUT2D eigenvalue weighted by Gasteiger charge is -2.35. The van der Waals surface area contributed by atoms with Crippen molar-refractivity contribution in [3.05, 3.63) is 11.9 Å². The zero-order valence-corrected chi connectivity index (χ0v) is 15.1. The number of amides is 1. The van der Waals surface area contributed by atoms with E-state index in [0.717, 1.165) is 0 Å². The maximum absolute atomic E-state index is 12.9. The Hall–Kier alpha value is -2.42. The molecule has 0 aromatic carbocycles. The minimum Gasteiger partial charge on any atom is -0.480 e. The second-order valence-electron chi connectivity index (χ2n) is 6.40. The molecule has 9 heteroatoms. The monoisotopic (exact) mass is 353 g/mol. The van der Waals surface area contributed by atoms with Gasteiger partial charge in [0.25, 0.3) is 0 Å². The number of ketones is 1. The van der Waals surface area contributed by atoms with Gasteiger partial charge in [0.2, 0.25) is 17.5 Å². The highest BCUT2D eigenvalue weighted by Crippen LogP contribution is 2.22. The zero-order valence-electron chi connectivity index (χ0n) is 15.1. The van der Waals surface area contributed by atoms with Crippen LogP contribution in [0.25, 0.3) is 0 Å². The first kappa shape index (κ1) is 18.9. The van der Waals surface area contributed by atoms with E-state index in [4.69, 9.17) is 18.9 Å². The molecule has 1 aromatic rings. The van der Waals surface area contributed by atoms with Crippen molar-refractivity contribution in [2.24, 2.45) is 0 Å². The van der Waals surface area contributed by atoms with Gasteiger partial charge in [0.15, 0.2) is 5.69 Å². The van der Waals surface area contributed by atoms with E-state index >= 15 is 0 Å². The van der Waals surface area contributed by atoms with Crippen LogP contribution in [0.2, 0.25) is 0 Å². The van der Waals surface area contributed by atoms with Crippen LogP contribution in [-0.4, -0.2) is 72.4 Å². The predicted molar refractivity (Wildman–Crippen MR) is 87.0 cm³/mol. The van der Waals surface area contributed by atoms with Gasteiger partial charge in [0.1, 0.15) is 11.6 Å². The molecule has 0 bridgehead atoms. The van der Waals surface area contributed by atoms with Crippen LogP contribution in [0.15, 0.2) is 6.20 Å². The van der Waals surface area contributed by atoms with Crippen molar-refractivity contribution in [2.75, 3.05) is 34.0 Å². The standard InChI is InChI=1S/C16H23N3O6/c1-16(2,3)25-15(21)19-6-7-24-9-10(19)13(20)12-14(23-5)18-11(22-4)8-17-12/h8,10H,6-7,9H2,1-5H3. The Morgan fingerprint density at radius 3 is 2.60 bits per heavy atom. The highest BCUT2D eigenvalue weighted by atomic mass is 16.6. The number of hydrogen-bond donors (Lipinski definition) is 0. The summed E-state index contributed by atoms with van der Waals surface area (Å²) in [6.07, 6.45) is 0.742. The maximum atomic E-state index is 12.9. The third-order valence-corrected chi connectivity index (χ3v) is 3.41. The van der Waals surface area contributed by atoms with Crippen LogP contribution in [0.3, 0.4) is 0 Å². The SMILES string of the molecule is COc1cnc(C(=O)C2COCCN2C(=O)OC(C)(C)C)c(OC)n1. The molecule has 1 atom stereocenters. The Balaban J connectivity index is 2.27. The second-order valence-corrected chi connectivity index (χ2v) is 6.40. The number of Topliss-reactive ketones (excluding diaryl/α,β-unsaturated/α-hetero) is 1. The van der Waals surface area contributed by atoms with Crippen molar-refractivity contribution < 1.29 is 28.5 Å². The van der Waals surface area contributed by atoms with Crippen molar-refractivity contribution in [3.63, 3.8) is 0 Å². The summed E-state index contributed by atoms with van der Waals surface area (Å²) >= 11 is 0. The van der Waals surface area contributed by atoms with E-state index in [1.54, 1.807) is 20.8 Å². The molecule has 2 heterocycles. The summed E-state index contributed by atoms with van der Waals surface area (Å²) in [5.41, 5.74) is -0.659. The van der Waals surface area contributed by atoms with Gasteiger partial charge in [0, 0.05) is 6.54 Å². The van der Waals surface area contributed by atoms with Crippen LogP contribution in [0.1, 0.15) is 31.3 Å². The summed E-state index contributed by atoms with van der Waals surface area (Å²) in [5, 5.41) is 0. The summed E-state index contributed by atoms with van der Waals surface area (Å²) in [6.45, 7) is 5.92. The summed E-state index contributed by atoms with van der Waals surface area (Å²) in [5.74, 6) is -0.186. The summed E-state index contributed by atoms with van der Waals surface area (Å²) in [4.78, 5) is 34.8. The van der Waals surface area contributed by atoms with E-state index < -0.39 is 23.5 Å². The van der Waals surface area contributed by atoms with Gasteiger partial charge >= 0.3 is 6.09 Å². The average Bonchev–Trinajstić information content (AvgIpc) is 2.59. The number of ether oxygens (including phenoxy) is 4. The average molecular weight is 353 g/mol. The van der Waals surface area contributed by atoms with E-state index in [0.29, 0.717) is 6.61 Å². The second kappa shape index (κ2) is 7.64. The van der Waals surface area contributed by atoms with E-state index in [1.807, 2.05) is 0 Å². The number of carbonyl (C=O) groups excluding carboxylic acids is 2. The molecule has 2 rings (SSSR count). The van der Waals surface area contributed by atoms with Gasteiger partial charge in [-0.25, -0.2) is 9.78 Å². The number of morpholine rings is 1. The quantitative estimate of drug-likeness (QED) is 0.747. The highest BCUT2D eigenvalue weighted by molar-refractivity contribution is 6.01. The van der Waals surface area contributed by atoms with E-state index in [2.05, 4.69) is 9.97 Å². The molecule has 138 valence electrons. The Bertz CT molecular complexity index is 643. The molecule has 0 aliphatic carbocycles. The first-order chi connectivity index (χ1) is 11.8. The largest absolute Gasteiger partial charge is 0.480 e. The normalized spacial score (nSPS) is 17.8. The van der Waals surface area contributed by atoms with Gasteiger partial charge in [-0.2, -0.15) is 4.98 Å². The molecular formula is C16H23N3O6. The van der Waals surface area contributed by atoms with Crippen molar-refractivity contribution >= 4 is 11.9 Å². The summed E-state index contributed by atoms with van der Waals surface area (Å²) in [7, 11) is 2.81. The number of rotatable bonds is 4. The molecule has 1 aliphatic rings. The molecule has 0 radical (unpaired) electrons. The molecule has 0 spiro atoms. The fraction of sp³-hybridized carbons (Fsp3) is 0.625. The fourth-order valence-corrected chi connectivity index (χ4v) is 2.28. The van der Waals surface area contributed by atoms with Gasteiger partial charge in [-0.05, 0) is 20.8 Å². The smallest absolute Gasteiger partial charge is 0.411 e. The zero-order chi connectivity index (χ0) is 18.6. The molecule has 25 heavy (non-hydrogen) atoms. The van der Waals surface area contributed by atoms with Crippen LogP contribution in [0, 0.1) is 0 Å². The minimum absolute atomic E-state index is 0.00681. The molecule has 0 saturated carbocycles. The molecular weight excluding hydrogens is 330 g/mol. The molecule has 1 saturated heterocycles. The Morgan fingerprint density at radius 1 is 1.28 bits per heavy atom. The van der Waals surface area contributed by atoms with Crippen molar-refractivity contribution in [3.8, 4) is 11.8 Å². The lowest BCUT2D eigenvalue weighted by Crippen LogP contribution is -2.54. The van der Waals surface area contributed by atoms with Crippen LogP contribution < -0.4 is 9.47 Å². The Kier molecular flexibility index (Phi) is 5.78. The first-order valence-corrected chi connectivity index (χ1v) is 7.83. The molecule has 1 aromatic heterocycles. The van der Waals surface area contributed by atoms with Gasteiger partial charge in [-0.1, -0.05) is 0 Å². The van der Waals surface area contributed by atoms with Gasteiger partial charge in [-0.3, -0.25) is 9.69 Å². The molecule has 1 fully saturated rings. The lowest BCUT2D eigenvalue weighted by atomic mass is 10.1. The molecule has 1 aliphatic heterocycles. The van der Waals surface area contributed by atoms with Crippen LogP contribution in [0.5, 0.6) is 11.8 Å². The van der Waals surface area contributed by atoms with Gasteiger partial charge in [-0.15, -0.1) is 0 Å². The molecule has 9 nitrogen and oxygen atoms in total. The fourth-order valence-electron chi connectivity index (χ4n) is 2.28. The summed E-state index contributed by atoms with van der Waals surface area (Å²) < 4.78 is 20.9. The van der Waals surface area contributed by atoms with Crippen molar-refractivity contribution in [1.29, 1.82) is 0 Å². The van der Waals surface area contributed by atoms with Crippen molar-refractivity contribution in [1.82, 2.24) is 14.9 Å². The topological polar surface area (TPSA) is 100 Å². The number of hydrogen-bond acceptors (Lipinski definition) is 8. The summed E-state index contributed by atoms with van der Waals surface area (Å²) in [6, 6.07) is -0.861. The highest BCUT2D eigenvalue weighted by Gasteiger charge is 2.38. The van der Waals surface area contributed by atoms with E-state index in [9.17, 15) is 9.59 Å². The number of aromatic nitrogens is 2. The maximum Gasteiger partial charge on any atom is 0.411 e. The predicted octanol–water partition coefficient (Wildman–Crippen LogP) is 1.31. The number of nitrogens with zero attached hydrogens (tertiary/aromatic N) is 3. The minimum atomic E-state index is -0.861. The first-order valence-electron chi connectivity index (χ1n) is 7.83. The van der Waals surface area contributed by atoms with E-state index in [-0.39, 0.29) is 30.6 Å². The van der Waals surface area contributed by atoms with Crippen LogP contribution >= 0.6 is 0 Å². The van der Waals surface area contributed by atoms with Crippen molar-refractivity contribution in [2.45, 2.75) is 32.4 Å². The lowest BCUT2D eigenvalue weighted by molar-refractivity contribution is -0.0267. The van der Waals surface area contributed by atoms with Crippen LogP contribution in [-0.2, 0) is 9.47 Å². The van der Waals surface area contributed by atoms with Gasteiger partial charge < -0.3 is 18.9 Å². The molecule has 0 N–H and O–H groups in total. The third-order valence-electron chi connectivity index (χ3n) is 3.41. The number of methoxy groups -OCH3 is 2. The van der Waals surface area contributed by atoms with E-state index in [1.165, 1.54) is 25.3 Å². The van der Waals surface area contributed by atoms with Gasteiger partial charge in [0.05, 0.1) is 33.6 Å². The Labute approximate surface area is 146 Å². The van der Waals surface area contributed by atoms with Crippen LogP contribution in [0.4, 0.5) is 4.79 Å². The number of carbonyl (C=O) groups is 2. The molecule has 1 amide bonds.